The van der Waals surface area contributed by atoms with Crippen molar-refractivity contribution in [1.29, 1.82) is 0 Å². The number of phenolic OH excluding ortho intramolecular Hbond substituents is 1. The molecular weight excluding hydrogens is 284 g/mol. The lowest BCUT2D eigenvalue weighted by atomic mass is 10.1. The third kappa shape index (κ3) is 3.92. The molecule has 0 heterocycles. The molecular formula is C16H14N2O4. The molecule has 0 radical (unpaired) electrons. The molecule has 112 valence electrons. The molecule has 0 aromatic heterocycles. The van der Waals surface area contributed by atoms with Gasteiger partial charge in [-0.3, -0.25) is 4.79 Å². The van der Waals surface area contributed by atoms with Gasteiger partial charge in [0.05, 0.1) is 18.9 Å². The van der Waals surface area contributed by atoms with Gasteiger partial charge < -0.3 is 9.84 Å². The number of esters is 1. The average molecular weight is 298 g/mol. The van der Waals surface area contributed by atoms with E-state index in [2.05, 4.69) is 15.3 Å². The summed E-state index contributed by atoms with van der Waals surface area (Å²) in [5, 5.41) is 13.0. The van der Waals surface area contributed by atoms with Crippen LogP contribution in [0, 0.1) is 0 Å². The summed E-state index contributed by atoms with van der Waals surface area (Å²) in [6.07, 6.45) is 1.46. The van der Waals surface area contributed by atoms with Gasteiger partial charge in [-0.25, -0.2) is 10.2 Å². The molecule has 2 aromatic rings. The molecule has 0 atom stereocenters. The molecule has 1 amide bonds. The van der Waals surface area contributed by atoms with E-state index in [0.717, 1.165) is 5.56 Å². The minimum Gasteiger partial charge on any atom is -0.508 e. The van der Waals surface area contributed by atoms with Crippen molar-refractivity contribution in [1.82, 2.24) is 5.43 Å². The van der Waals surface area contributed by atoms with Gasteiger partial charge in [0.2, 0.25) is 0 Å². The van der Waals surface area contributed by atoms with E-state index in [1.165, 1.54) is 37.6 Å². The van der Waals surface area contributed by atoms with Crippen molar-refractivity contribution in [3.63, 3.8) is 0 Å². The summed E-state index contributed by atoms with van der Waals surface area (Å²) in [7, 11) is 1.32. The lowest BCUT2D eigenvalue weighted by molar-refractivity contribution is 0.0600. The average Bonchev–Trinajstić information content (AvgIpc) is 2.55. The van der Waals surface area contributed by atoms with Crippen molar-refractivity contribution in [3.05, 3.63) is 65.2 Å². The van der Waals surface area contributed by atoms with Crippen LogP contribution < -0.4 is 5.43 Å². The van der Waals surface area contributed by atoms with Gasteiger partial charge in [-0.15, -0.1) is 0 Å². The van der Waals surface area contributed by atoms with Gasteiger partial charge in [-0.2, -0.15) is 5.10 Å². The number of hydrogen-bond acceptors (Lipinski definition) is 5. The van der Waals surface area contributed by atoms with Crippen LogP contribution in [0.4, 0.5) is 0 Å². The second-order valence-corrected chi connectivity index (χ2v) is 4.36. The summed E-state index contributed by atoms with van der Waals surface area (Å²) < 4.78 is 4.60. The van der Waals surface area contributed by atoms with E-state index < -0.39 is 5.97 Å². The highest BCUT2D eigenvalue weighted by molar-refractivity contribution is 5.95. The Labute approximate surface area is 127 Å². The van der Waals surface area contributed by atoms with Crippen LogP contribution in [0.5, 0.6) is 5.75 Å². The number of aromatic hydroxyl groups is 1. The lowest BCUT2D eigenvalue weighted by Gasteiger charge is -2.01. The molecule has 0 fully saturated rings. The van der Waals surface area contributed by atoms with E-state index in [4.69, 9.17) is 5.11 Å². The van der Waals surface area contributed by atoms with Crippen LogP contribution in [-0.4, -0.2) is 30.3 Å². The van der Waals surface area contributed by atoms with E-state index in [1.54, 1.807) is 24.3 Å². The quantitative estimate of drug-likeness (QED) is 0.513. The Bertz CT molecular complexity index is 691. The van der Waals surface area contributed by atoms with E-state index in [9.17, 15) is 9.59 Å². The number of methoxy groups -OCH3 is 1. The number of nitrogens with zero attached hydrogens (tertiary/aromatic N) is 1. The van der Waals surface area contributed by atoms with Crippen LogP contribution in [0.3, 0.4) is 0 Å². The number of carbonyl (C=O) groups excluding carboxylic acids is 2. The topological polar surface area (TPSA) is 88.0 Å². The van der Waals surface area contributed by atoms with Gasteiger partial charge in [0.25, 0.3) is 5.91 Å². The monoisotopic (exact) mass is 298 g/mol. The highest BCUT2D eigenvalue weighted by Crippen LogP contribution is 2.09. The number of hydrogen-bond donors (Lipinski definition) is 2. The largest absolute Gasteiger partial charge is 0.508 e. The van der Waals surface area contributed by atoms with E-state index in [0.29, 0.717) is 11.1 Å². The maximum atomic E-state index is 11.8. The van der Waals surface area contributed by atoms with Crippen LogP contribution >= 0.6 is 0 Å². The maximum absolute atomic E-state index is 11.8. The van der Waals surface area contributed by atoms with E-state index in [-0.39, 0.29) is 11.7 Å². The van der Waals surface area contributed by atoms with Gasteiger partial charge >= 0.3 is 5.97 Å². The van der Waals surface area contributed by atoms with Crippen LogP contribution in [0.2, 0.25) is 0 Å². The minimum absolute atomic E-state index is 0.0887. The number of benzene rings is 2. The predicted molar refractivity (Wildman–Crippen MR) is 80.9 cm³/mol. The van der Waals surface area contributed by atoms with Crippen LogP contribution in [-0.2, 0) is 4.74 Å². The number of rotatable bonds is 4. The zero-order valence-corrected chi connectivity index (χ0v) is 11.8. The molecule has 0 spiro atoms. The Kier molecular flexibility index (Phi) is 4.87. The molecule has 0 saturated heterocycles. The van der Waals surface area contributed by atoms with Gasteiger partial charge in [-0.1, -0.05) is 12.1 Å². The number of ether oxygens (including phenoxy) is 1. The normalized spacial score (nSPS) is 10.4. The van der Waals surface area contributed by atoms with Crippen molar-refractivity contribution in [2.75, 3.05) is 7.11 Å². The van der Waals surface area contributed by atoms with Crippen molar-refractivity contribution in [2.45, 2.75) is 0 Å². The first-order valence-electron chi connectivity index (χ1n) is 6.41. The Hall–Kier alpha value is -3.15. The van der Waals surface area contributed by atoms with Crippen molar-refractivity contribution in [3.8, 4) is 5.75 Å². The third-order valence-corrected chi connectivity index (χ3v) is 2.84. The molecule has 6 heteroatoms. The first kappa shape index (κ1) is 15.2. The van der Waals surface area contributed by atoms with Gasteiger partial charge in [-0.05, 0) is 42.0 Å². The summed E-state index contributed by atoms with van der Waals surface area (Å²) in [6, 6.07) is 12.4. The standard InChI is InChI=1S/C16H14N2O4/c1-22-16(21)13-4-2-11(3-5-13)10-17-18-15(20)12-6-8-14(19)9-7-12/h2-10,19H,1H3,(H,18,20). The number of amides is 1. The SMILES string of the molecule is COC(=O)c1ccc(C=NNC(=O)c2ccc(O)cc2)cc1. The number of phenols is 1. The number of nitrogens with one attached hydrogen (secondary N) is 1. The lowest BCUT2D eigenvalue weighted by Crippen LogP contribution is -2.17. The minimum atomic E-state index is -0.413. The zero-order chi connectivity index (χ0) is 15.9. The summed E-state index contributed by atoms with van der Waals surface area (Å²) in [5.41, 5.74) is 3.92. The molecule has 2 aromatic carbocycles. The molecule has 2 N–H and O–H groups in total. The van der Waals surface area contributed by atoms with Crippen LogP contribution in [0.15, 0.2) is 53.6 Å². The molecule has 2 rings (SSSR count). The van der Waals surface area contributed by atoms with Crippen LogP contribution in [0.25, 0.3) is 0 Å². The maximum Gasteiger partial charge on any atom is 0.337 e. The van der Waals surface area contributed by atoms with Crippen LogP contribution in [0.1, 0.15) is 26.3 Å². The number of hydrazone groups is 1. The fourth-order valence-electron chi connectivity index (χ4n) is 1.67. The van der Waals surface area contributed by atoms with Crippen molar-refractivity contribution >= 4 is 18.1 Å². The fourth-order valence-corrected chi connectivity index (χ4v) is 1.67. The highest BCUT2D eigenvalue weighted by atomic mass is 16.5. The molecule has 0 bridgehead atoms. The fraction of sp³-hybridized carbons (Fsp3) is 0.0625. The summed E-state index contributed by atoms with van der Waals surface area (Å²) in [5.74, 6) is -0.711. The molecule has 0 aliphatic carbocycles. The molecule has 6 nitrogen and oxygen atoms in total. The second-order valence-electron chi connectivity index (χ2n) is 4.36. The first-order chi connectivity index (χ1) is 10.6. The Morgan fingerprint density at radius 2 is 1.64 bits per heavy atom. The smallest absolute Gasteiger partial charge is 0.337 e. The molecule has 0 aliphatic rings. The Morgan fingerprint density at radius 3 is 2.23 bits per heavy atom. The molecule has 0 saturated carbocycles. The summed E-state index contributed by atoms with van der Waals surface area (Å²) in [6.45, 7) is 0. The summed E-state index contributed by atoms with van der Waals surface area (Å²) in [4.78, 5) is 23.0. The number of carbonyl (C=O) groups is 2. The Balaban J connectivity index is 1.96. The highest BCUT2D eigenvalue weighted by Gasteiger charge is 2.04. The third-order valence-electron chi connectivity index (χ3n) is 2.84. The second kappa shape index (κ2) is 7.03. The molecule has 22 heavy (non-hydrogen) atoms. The van der Waals surface area contributed by atoms with Gasteiger partial charge in [0.15, 0.2) is 0 Å². The Morgan fingerprint density at radius 1 is 1.05 bits per heavy atom. The van der Waals surface area contributed by atoms with E-state index in [1.807, 2.05) is 0 Å². The first-order valence-corrected chi connectivity index (χ1v) is 6.41. The molecule has 0 aliphatic heterocycles. The van der Waals surface area contributed by atoms with Crippen molar-refractivity contribution in [2.24, 2.45) is 5.10 Å². The van der Waals surface area contributed by atoms with Gasteiger partial charge in [0.1, 0.15) is 5.75 Å². The summed E-state index contributed by atoms with van der Waals surface area (Å²) >= 11 is 0. The molecule has 0 unspecified atom stereocenters. The van der Waals surface area contributed by atoms with E-state index >= 15 is 0 Å². The van der Waals surface area contributed by atoms with Gasteiger partial charge in [0, 0.05) is 5.56 Å². The zero-order valence-electron chi connectivity index (χ0n) is 11.8. The predicted octanol–water partition coefficient (Wildman–Crippen LogP) is 1.94. The van der Waals surface area contributed by atoms with Crippen molar-refractivity contribution < 1.29 is 19.4 Å².